The van der Waals surface area contributed by atoms with Gasteiger partial charge in [0.25, 0.3) is 0 Å². The molecule has 2 aromatic rings. The smallest absolute Gasteiger partial charge is 0.317 e. The Balaban J connectivity index is 1.43. The minimum absolute atomic E-state index is 0.0206. The highest BCUT2D eigenvalue weighted by Gasteiger charge is 2.26. The van der Waals surface area contributed by atoms with Crippen molar-refractivity contribution in [3.63, 3.8) is 0 Å². The highest BCUT2D eigenvalue weighted by Crippen LogP contribution is 2.25. The van der Waals surface area contributed by atoms with Crippen LogP contribution in [0.1, 0.15) is 17.7 Å². The number of benzene rings is 1. The van der Waals surface area contributed by atoms with Gasteiger partial charge in [0, 0.05) is 29.9 Å². The van der Waals surface area contributed by atoms with E-state index in [0.29, 0.717) is 12.5 Å². The molecule has 126 valence electrons. The summed E-state index contributed by atoms with van der Waals surface area (Å²) >= 11 is 1.88. The number of amides is 2. The van der Waals surface area contributed by atoms with Crippen molar-refractivity contribution in [3.8, 4) is 0 Å². The molecule has 2 amide bonds. The summed E-state index contributed by atoms with van der Waals surface area (Å²) < 4.78 is 0. The fourth-order valence-electron chi connectivity index (χ4n) is 2.86. The normalized spacial score (nSPS) is 17.0. The van der Waals surface area contributed by atoms with Crippen LogP contribution in [0.2, 0.25) is 0 Å². The number of rotatable bonds is 5. The second-order valence-electron chi connectivity index (χ2n) is 6.15. The van der Waals surface area contributed by atoms with Gasteiger partial charge < -0.3 is 10.2 Å². The maximum atomic E-state index is 12.3. The molecule has 1 N–H and O–H groups in total. The van der Waals surface area contributed by atoms with Gasteiger partial charge >= 0.3 is 6.03 Å². The molecule has 1 fully saturated rings. The zero-order chi connectivity index (χ0) is 16.8. The summed E-state index contributed by atoms with van der Waals surface area (Å²) in [5.74, 6) is 1.63. The Kier molecular flexibility index (Phi) is 5.75. The van der Waals surface area contributed by atoms with Crippen molar-refractivity contribution in [3.05, 3.63) is 59.9 Å². The topological polar surface area (TPSA) is 45.2 Å². The number of aryl methyl sites for hydroxylation is 1. The Bertz CT molecular complexity index is 677. The van der Waals surface area contributed by atoms with E-state index < -0.39 is 0 Å². The lowest BCUT2D eigenvalue weighted by molar-refractivity contribution is 0.207. The number of carbonyl (C=O) groups is 1. The summed E-state index contributed by atoms with van der Waals surface area (Å²) in [7, 11) is 0. The molecule has 1 atom stereocenters. The lowest BCUT2D eigenvalue weighted by Gasteiger charge is -2.17. The van der Waals surface area contributed by atoms with E-state index in [4.69, 9.17) is 0 Å². The molecule has 0 aliphatic carbocycles. The zero-order valence-corrected chi connectivity index (χ0v) is 14.8. The monoisotopic (exact) mass is 341 g/mol. The summed E-state index contributed by atoms with van der Waals surface area (Å²) in [6.07, 6.45) is 2.84. The van der Waals surface area contributed by atoms with Gasteiger partial charge in [-0.05, 0) is 43.0 Å². The number of hydrogen-bond donors (Lipinski definition) is 1. The molecule has 1 aliphatic rings. The largest absolute Gasteiger partial charge is 0.332 e. The van der Waals surface area contributed by atoms with Gasteiger partial charge in [-0.15, -0.1) is 11.8 Å². The van der Waals surface area contributed by atoms with Crippen LogP contribution < -0.4 is 5.32 Å². The summed E-state index contributed by atoms with van der Waals surface area (Å²) in [5, 5.41) is 2.99. The van der Waals surface area contributed by atoms with Crippen molar-refractivity contribution in [1.82, 2.24) is 15.2 Å². The van der Waals surface area contributed by atoms with E-state index in [1.807, 2.05) is 41.8 Å². The molecular weight excluding hydrogens is 318 g/mol. The van der Waals surface area contributed by atoms with Crippen LogP contribution in [0.4, 0.5) is 4.79 Å². The molecule has 3 rings (SSSR count). The maximum Gasteiger partial charge on any atom is 0.317 e. The number of pyridine rings is 1. The number of likely N-dealkylation sites (tertiary alicyclic amines) is 1. The van der Waals surface area contributed by atoms with Gasteiger partial charge in [-0.25, -0.2) is 4.79 Å². The molecule has 4 nitrogen and oxygen atoms in total. The van der Waals surface area contributed by atoms with Gasteiger partial charge in [-0.1, -0.05) is 24.3 Å². The molecule has 1 aromatic carbocycles. The Labute approximate surface area is 147 Å². The van der Waals surface area contributed by atoms with Crippen LogP contribution in [-0.4, -0.2) is 34.8 Å². The number of carbonyl (C=O) groups excluding carboxylic acids is 1. The second-order valence-corrected chi connectivity index (χ2v) is 7.24. The fourth-order valence-corrected chi connectivity index (χ4v) is 3.91. The molecular formula is C19H23N3OS. The minimum atomic E-state index is 0.0206. The van der Waals surface area contributed by atoms with E-state index in [2.05, 4.69) is 34.6 Å². The maximum absolute atomic E-state index is 12.3. The first-order valence-corrected chi connectivity index (χ1v) is 9.32. The number of hydrogen-bond acceptors (Lipinski definition) is 3. The third-order valence-electron chi connectivity index (χ3n) is 4.33. The van der Waals surface area contributed by atoms with Crippen molar-refractivity contribution >= 4 is 17.8 Å². The van der Waals surface area contributed by atoms with Gasteiger partial charge in [0.05, 0.1) is 12.2 Å². The molecule has 0 spiro atoms. The third kappa shape index (κ3) is 4.51. The average molecular weight is 341 g/mol. The van der Waals surface area contributed by atoms with Gasteiger partial charge in [0.1, 0.15) is 0 Å². The summed E-state index contributed by atoms with van der Waals surface area (Å²) in [4.78, 5) is 19.9. The number of urea groups is 1. The summed E-state index contributed by atoms with van der Waals surface area (Å²) in [5.41, 5.74) is 2.04. The molecule has 2 heterocycles. The lowest BCUT2D eigenvalue weighted by Crippen LogP contribution is -2.38. The molecule has 1 saturated heterocycles. The van der Waals surface area contributed by atoms with E-state index in [1.54, 1.807) is 6.20 Å². The standard InChI is InChI=1S/C19H23N3OS/c1-15-6-5-10-20-18(15)12-21-19(23)22-11-9-16(13-22)14-24-17-7-3-2-4-8-17/h2-8,10,16H,9,11-14H2,1H3,(H,21,23)/t16-/m0/s1. The highest BCUT2D eigenvalue weighted by molar-refractivity contribution is 7.99. The van der Waals surface area contributed by atoms with Crippen molar-refractivity contribution in [2.24, 2.45) is 5.92 Å². The predicted molar refractivity (Wildman–Crippen MR) is 98.1 cm³/mol. The fraction of sp³-hybridized carbons (Fsp3) is 0.368. The predicted octanol–water partition coefficient (Wildman–Crippen LogP) is 3.71. The lowest BCUT2D eigenvalue weighted by atomic mass is 10.2. The number of nitrogens with zero attached hydrogens (tertiary/aromatic N) is 2. The molecule has 0 bridgehead atoms. The Morgan fingerprint density at radius 1 is 1.29 bits per heavy atom. The first kappa shape index (κ1) is 16.8. The minimum Gasteiger partial charge on any atom is -0.332 e. The molecule has 5 heteroatoms. The van der Waals surface area contributed by atoms with E-state index in [9.17, 15) is 4.79 Å². The van der Waals surface area contributed by atoms with Crippen LogP contribution in [0.25, 0.3) is 0 Å². The first-order chi connectivity index (χ1) is 11.7. The van der Waals surface area contributed by atoms with Crippen LogP contribution in [0.5, 0.6) is 0 Å². The van der Waals surface area contributed by atoms with Gasteiger partial charge in [-0.2, -0.15) is 0 Å². The Hall–Kier alpha value is -2.01. The van der Waals surface area contributed by atoms with Crippen LogP contribution in [-0.2, 0) is 6.54 Å². The van der Waals surface area contributed by atoms with E-state index in [1.165, 1.54) is 4.90 Å². The van der Waals surface area contributed by atoms with Crippen LogP contribution >= 0.6 is 11.8 Å². The third-order valence-corrected chi connectivity index (χ3v) is 5.57. The molecule has 1 aromatic heterocycles. The van der Waals surface area contributed by atoms with Gasteiger partial charge in [-0.3, -0.25) is 4.98 Å². The van der Waals surface area contributed by atoms with Crippen LogP contribution in [0.15, 0.2) is 53.6 Å². The van der Waals surface area contributed by atoms with E-state index >= 15 is 0 Å². The highest BCUT2D eigenvalue weighted by atomic mass is 32.2. The molecule has 1 aliphatic heterocycles. The van der Waals surface area contributed by atoms with Crippen LogP contribution in [0, 0.1) is 12.8 Å². The zero-order valence-electron chi connectivity index (χ0n) is 13.9. The number of thioether (sulfide) groups is 1. The first-order valence-electron chi connectivity index (χ1n) is 8.33. The quantitative estimate of drug-likeness (QED) is 0.843. The average Bonchev–Trinajstić information content (AvgIpc) is 3.09. The van der Waals surface area contributed by atoms with Crippen molar-refractivity contribution in [2.75, 3.05) is 18.8 Å². The molecule has 24 heavy (non-hydrogen) atoms. The van der Waals surface area contributed by atoms with Gasteiger partial charge in [0.15, 0.2) is 0 Å². The van der Waals surface area contributed by atoms with Crippen LogP contribution in [0.3, 0.4) is 0 Å². The van der Waals surface area contributed by atoms with Gasteiger partial charge in [0.2, 0.25) is 0 Å². The summed E-state index contributed by atoms with van der Waals surface area (Å²) in [6.45, 7) is 4.19. The SMILES string of the molecule is Cc1cccnc1CNC(=O)N1CC[C@H](CSc2ccccc2)C1. The van der Waals surface area contributed by atoms with Crippen molar-refractivity contribution < 1.29 is 4.79 Å². The Morgan fingerprint density at radius 2 is 2.12 bits per heavy atom. The second kappa shape index (κ2) is 8.20. The summed E-state index contributed by atoms with van der Waals surface area (Å²) in [6, 6.07) is 14.4. The molecule has 0 unspecified atom stereocenters. The number of aromatic nitrogens is 1. The molecule has 0 saturated carbocycles. The van der Waals surface area contributed by atoms with Crippen molar-refractivity contribution in [1.29, 1.82) is 0 Å². The Morgan fingerprint density at radius 3 is 2.92 bits per heavy atom. The van der Waals surface area contributed by atoms with E-state index in [-0.39, 0.29) is 6.03 Å². The number of nitrogens with one attached hydrogen (secondary N) is 1. The van der Waals surface area contributed by atoms with E-state index in [0.717, 1.165) is 36.5 Å². The molecule has 0 radical (unpaired) electrons. The van der Waals surface area contributed by atoms with Crippen molar-refractivity contribution in [2.45, 2.75) is 24.8 Å².